The fraction of sp³-hybridized carbons (Fsp3) is 0.533. The zero-order chi connectivity index (χ0) is 13.5. The van der Waals surface area contributed by atoms with Crippen LogP contribution in [0.2, 0.25) is 0 Å². The number of piperazine rings is 1. The third-order valence-corrected chi connectivity index (χ3v) is 4.44. The lowest BCUT2D eigenvalue weighted by Gasteiger charge is -2.42. The quantitative estimate of drug-likeness (QED) is 0.764. The zero-order valence-electron chi connectivity index (χ0n) is 11.3. The van der Waals surface area contributed by atoms with Crippen LogP contribution in [0.4, 0.5) is 0 Å². The Kier molecular flexibility index (Phi) is 2.98. The second kappa shape index (κ2) is 4.84. The van der Waals surface area contributed by atoms with Gasteiger partial charge < -0.3 is 14.8 Å². The van der Waals surface area contributed by atoms with Crippen molar-refractivity contribution in [3.63, 3.8) is 0 Å². The van der Waals surface area contributed by atoms with E-state index < -0.39 is 0 Å². The third-order valence-electron chi connectivity index (χ3n) is 4.44. The highest BCUT2D eigenvalue weighted by atomic mass is 16.5. The number of benzene rings is 1. The number of hydrogen-bond acceptors (Lipinski definition) is 5. The number of carbonyl (C=O) groups is 1. The van der Waals surface area contributed by atoms with Crippen molar-refractivity contribution in [3.8, 4) is 0 Å². The van der Waals surface area contributed by atoms with Crippen LogP contribution < -0.4 is 5.32 Å². The maximum absolute atomic E-state index is 11.5. The van der Waals surface area contributed by atoms with Crippen molar-refractivity contribution in [2.75, 3.05) is 32.8 Å². The van der Waals surface area contributed by atoms with Crippen LogP contribution in [0.3, 0.4) is 0 Å². The zero-order valence-corrected chi connectivity index (χ0v) is 11.3. The lowest BCUT2D eigenvalue weighted by Crippen LogP contribution is -2.57. The average molecular weight is 274 g/mol. The molecule has 5 nitrogen and oxygen atoms in total. The molecular weight excluding hydrogens is 256 g/mol. The summed E-state index contributed by atoms with van der Waals surface area (Å²) in [6, 6.07) is 6.43. The first kappa shape index (κ1) is 12.3. The van der Waals surface area contributed by atoms with Crippen molar-refractivity contribution in [2.24, 2.45) is 0 Å². The number of ether oxygens (including phenoxy) is 2. The molecule has 3 aliphatic heterocycles. The first-order valence-electron chi connectivity index (χ1n) is 7.17. The Balaban J connectivity index is 1.55. The van der Waals surface area contributed by atoms with Gasteiger partial charge in [0.25, 0.3) is 0 Å². The molecule has 0 aromatic heterocycles. The van der Waals surface area contributed by atoms with Crippen LogP contribution in [0.25, 0.3) is 0 Å². The first-order valence-corrected chi connectivity index (χ1v) is 7.17. The van der Waals surface area contributed by atoms with Gasteiger partial charge in [-0.2, -0.15) is 0 Å². The molecule has 0 saturated carbocycles. The number of cyclic esters (lactones) is 1. The van der Waals surface area contributed by atoms with E-state index in [1.807, 2.05) is 12.1 Å². The fourth-order valence-electron chi connectivity index (χ4n) is 3.26. The van der Waals surface area contributed by atoms with Gasteiger partial charge >= 0.3 is 5.97 Å². The maximum Gasteiger partial charge on any atom is 0.338 e. The van der Waals surface area contributed by atoms with Gasteiger partial charge in [-0.25, -0.2) is 4.79 Å². The lowest BCUT2D eigenvalue weighted by molar-refractivity contribution is -0.0718. The van der Waals surface area contributed by atoms with E-state index in [1.165, 1.54) is 0 Å². The van der Waals surface area contributed by atoms with Gasteiger partial charge in [-0.05, 0) is 17.7 Å². The minimum atomic E-state index is -0.210. The van der Waals surface area contributed by atoms with Crippen molar-refractivity contribution in [1.82, 2.24) is 10.2 Å². The van der Waals surface area contributed by atoms with Gasteiger partial charge in [-0.1, -0.05) is 6.07 Å². The van der Waals surface area contributed by atoms with Crippen molar-refractivity contribution >= 4 is 5.97 Å². The van der Waals surface area contributed by atoms with Crippen LogP contribution in [0.5, 0.6) is 0 Å². The minimum Gasteiger partial charge on any atom is -0.457 e. The van der Waals surface area contributed by atoms with Gasteiger partial charge in [0.2, 0.25) is 0 Å². The van der Waals surface area contributed by atoms with Crippen molar-refractivity contribution < 1.29 is 14.3 Å². The number of carbonyl (C=O) groups excluding carboxylic acids is 1. The Morgan fingerprint density at radius 3 is 3.25 bits per heavy atom. The number of morpholine rings is 1. The van der Waals surface area contributed by atoms with Gasteiger partial charge in [0.1, 0.15) is 6.61 Å². The summed E-state index contributed by atoms with van der Waals surface area (Å²) in [7, 11) is 0. The summed E-state index contributed by atoms with van der Waals surface area (Å²) in [5.74, 6) is -0.210. The van der Waals surface area contributed by atoms with Crippen LogP contribution in [0.1, 0.15) is 27.6 Å². The van der Waals surface area contributed by atoms with E-state index in [0.29, 0.717) is 18.2 Å². The summed E-state index contributed by atoms with van der Waals surface area (Å²) in [4.78, 5) is 14.0. The second-order valence-corrected chi connectivity index (χ2v) is 5.67. The topological polar surface area (TPSA) is 50.8 Å². The molecule has 2 fully saturated rings. The van der Waals surface area contributed by atoms with Crippen LogP contribution in [-0.2, 0) is 16.1 Å². The molecule has 0 spiro atoms. The summed E-state index contributed by atoms with van der Waals surface area (Å²) in [6.07, 6.45) is 0.102. The summed E-state index contributed by atoms with van der Waals surface area (Å²) in [5, 5.41) is 3.40. The molecule has 1 N–H and O–H groups in total. The van der Waals surface area contributed by atoms with Gasteiger partial charge in [0.15, 0.2) is 0 Å². The highest BCUT2D eigenvalue weighted by Crippen LogP contribution is 2.29. The average Bonchev–Trinajstić information content (AvgIpc) is 2.88. The van der Waals surface area contributed by atoms with Gasteiger partial charge in [-0.3, -0.25) is 4.90 Å². The molecule has 4 rings (SSSR count). The molecule has 0 radical (unpaired) electrons. The van der Waals surface area contributed by atoms with Crippen LogP contribution in [0.15, 0.2) is 18.2 Å². The largest absolute Gasteiger partial charge is 0.457 e. The van der Waals surface area contributed by atoms with Crippen LogP contribution in [0, 0.1) is 0 Å². The van der Waals surface area contributed by atoms with Crippen LogP contribution >= 0.6 is 0 Å². The van der Waals surface area contributed by atoms with Gasteiger partial charge in [-0.15, -0.1) is 0 Å². The molecular formula is C15H18N2O3. The molecule has 1 aromatic carbocycles. The Morgan fingerprint density at radius 1 is 1.35 bits per heavy atom. The molecule has 2 atom stereocenters. The summed E-state index contributed by atoms with van der Waals surface area (Å²) in [5.41, 5.74) is 2.84. The molecule has 3 heterocycles. The second-order valence-electron chi connectivity index (χ2n) is 5.67. The number of esters is 1. The highest BCUT2D eigenvalue weighted by molar-refractivity contribution is 5.93. The van der Waals surface area contributed by atoms with Gasteiger partial charge in [0.05, 0.1) is 18.3 Å². The predicted molar refractivity (Wildman–Crippen MR) is 72.5 cm³/mol. The highest BCUT2D eigenvalue weighted by Gasteiger charge is 2.32. The molecule has 2 saturated heterocycles. The van der Waals surface area contributed by atoms with E-state index >= 15 is 0 Å². The lowest BCUT2D eigenvalue weighted by atomic mass is 10.00. The molecule has 1 unspecified atom stereocenters. The molecule has 3 aliphatic rings. The van der Waals surface area contributed by atoms with E-state index in [-0.39, 0.29) is 12.1 Å². The molecule has 1 aromatic rings. The van der Waals surface area contributed by atoms with Crippen molar-refractivity contribution in [1.29, 1.82) is 0 Å². The SMILES string of the molecule is O=C1OCc2cc([C@@H]3CN4CCNCC4CO3)ccc21. The fourth-order valence-corrected chi connectivity index (χ4v) is 3.26. The van der Waals surface area contributed by atoms with E-state index in [4.69, 9.17) is 9.47 Å². The molecule has 0 bridgehead atoms. The summed E-state index contributed by atoms with van der Waals surface area (Å²) in [6.45, 7) is 5.24. The Morgan fingerprint density at radius 2 is 2.30 bits per heavy atom. The maximum atomic E-state index is 11.5. The van der Waals surface area contributed by atoms with E-state index in [2.05, 4.69) is 16.3 Å². The predicted octanol–water partition coefficient (Wildman–Crippen LogP) is 0.702. The molecule has 0 aliphatic carbocycles. The normalized spacial score (nSPS) is 29.7. The number of hydrogen-bond donors (Lipinski definition) is 1. The molecule has 106 valence electrons. The van der Waals surface area contributed by atoms with Crippen molar-refractivity contribution in [2.45, 2.75) is 18.8 Å². The molecule has 5 heteroatoms. The smallest absolute Gasteiger partial charge is 0.338 e. The monoisotopic (exact) mass is 274 g/mol. The molecule has 20 heavy (non-hydrogen) atoms. The van der Waals surface area contributed by atoms with E-state index in [1.54, 1.807) is 0 Å². The Labute approximate surface area is 117 Å². The van der Waals surface area contributed by atoms with Gasteiger partial charge in [0, 0.05) is 37.8 Å². The Hall–Kier alpha value is -1.43. The first-order chi connectivity index (χ1) is 9.81. The van der Waals surface area contributed by atoms with Crippen molar-refractivity contribution in [3.05, 3.63) is 34.9 Å². The minimum absolute atomic E-state index is 0.102. The summed E-state index contributed by atoms with van der Waals surface area (Å²) >= 11 is 0. The van der Waals surface area contributed by atoms with E-state index in [0.717, 1.165) is 43.9 Å². The standard InChI is InChI=1S/C15H18N2O3/c18-15-13-2-1-10(5-11(13)8-20-15)14-7-17-4-3-16-6-12(17)9-19-14/h1-2,5,12,14,16H,3-4,6-9H2/t12?,14-/m0/s1. The number of nitrogens with one attached hydrogen (secondary N) is 1. The number of fused-ring (bicyclic) bond motifs is 2. The van der Waals surface area contributed by atoms with Crippen LogP contribution in [-0.4, -0.2) is 49.7 Å². The Bertz CT molecular complexity index is 546. The third kappa shape index (κ3) is 2.02. The number of rotatable bonds is 1. The molecule has 0 amide bonds. The number of nitrogens with zero attached hydrogens (tertiary/aromatic N) is 1. The summed E-state index contributed by atoms with van der Waals surface area (Å²) < 4.78 is 11.1. The van der Waals surface area contributed by atoms with E-state index in [9.17, 15) is 4.79 Å².